The van der Waals surface area contributed by atoms with Crippen molar-refractivity contribution in [2.75, 3.05) is 31.1 Å². The van der Waals surface area contributed by atoms with Gasteiger partial charge in [0, 0.05) is 31.9 Å². The molecule has 1 fully saturated rings. The number of hydrogen-bond donors (Lipinski definition) is 2. The van der Waals surface area contributed by atoms with Crippen LogP contribution in [0.3, 0.4) is 0 Å². The summed E-state index contributed by atoms with van der Waals surface area (Å²) in [7, 11) is 0. The quantitative estimate of drug-likeness (QED) is 0.549. The molecule has 0 saturated carbocycles. The lowest BCUT2D eigenvalue weighted by atomic mass is 10.2. The largest absolute Gasteiger partial charge is 0.494 e. The van der Waals surface area contributed by atoms with Crippen LogP contribution >= 0.6 is 11.6 Å². The highest BCUT2D eigenvalue weighted by atomic mass is 35.5. The number of guanidine groups is 1. The number of hydrogen-bond acceptors (Lipinski definition) is 4. The van der Waals surface area contributed by atoms with Gasteiger partial charge in [-0.2, -0.15) is 0 Å². The van der Waals surface area contributed by atoms with Crippen molar-refractivity contribution >= 4 is 23.4 Å². The van der Waals surface area contributed by atoms with Gasteiger partial charge in [-0.15, -0.1) is 0 Å². The molecule has 2 aromatic rings. The SMILES string of the molecule is CCNC(=NCc1cccc(OCC)c1)NC1CCN(c2ncccc2Cl)C1. The van der Waals surface area contributed by atoms with Crippen molar-refractivity contribution in [2.24, 2.45) is 4.99 Å². The van der Waals surface area contributed by atoms with Crippen molar-refractivity contribution in [2.45, 2.75) is 32.9 Å². The summed E-state index contributed by atoms with van der Waals surface area (Å²) in [5, 5.41) is 7.57. The number of nitrogens with one attached hydrogen (secondary N) is 2. The second kappa shape index (κ2) is 10.2. The number of ether oxygens (including phenoxy) is 1. The number of anilines is 1. The molecule has 0 aliphatic carbocycles. The molecule has 0 spiro atoms. The molecule has 1 aromatic carbocycles. The molecule has 1 atom stereocenters. The summed E-state index contributed by atoms with van der Waals surface area (Å²) in [6.07, 6.45) is 2.79. The Hall–Kier alpha value is -2.47. The molecular weight excluding hydrogens is 374 g/mol. The summed E-state index contributed by atoms with van der Waals surface area (Å²) in [5.41, 5.74) is 1.12. The van der Waals surface area contributed by atoms with E-state index in [4.69, 9.17) is 21.3 Å². The fraction of sp³-hybridized carbons (Fsp3) is 0.429. The maximum absolute atomic E-state index is 6.29. The summed E-state index contributed by atoms with van der Waals surface area (Å²) >= 11 is 6.29. The molecule has 1 aliphatic heterocycles. The van der Waals surface area contributed by atoms with E-state index >= 15 is 0 Å². The molecule has 7 heteroatoms. The zero-order valence-electron chi connectivity index (χ0n) is 16.5. The molecule has 1 unspecified atom stereocenters. The maximum Gasteiger partial charge on any atom is 0.191 e. The van der Waals surface area contributed by atoms with Crippen LogP contribution in [0.1, 0.15) is 25.8 Å². The number of aliphatic imine (C=N–C) groups is 1. The smallest absolute Gasteiger partial charge is 0.191 e. The van der Waals surface area contributed by atoms with Crippen molar-refractivity contribution in [1.82, 2.24) is 15.6 Å². The van der Waals surface area contributed by atoms with Crippen LogP contribution in [0.4, 0.5) is 5.82 Å². The summed E-state index contributed by atoms with van der Waals surface area (Å²) in [4.78, 5) is 11.4. The molecule has 0 radical (unpaired) electrons. The lowest BCUT2D eigenvalue weighted by Gasteiger charge is -2.20. The molecule has 3 rings (SSSR count). The molecule has 2 heterocycles. The minimum absolute atomic E-state index is 0.297. The second-order valence-corrected chi connectivity index (χ2v) is 7.07. The van der Waals surface area contributed by atoms with E-state index < -0.39 is 0 Å². The average Bonchev–Trinajstić information content (AvgIpc) is 3.15. The third-order valence-corrected chi connectivity index (χ3v) is 4.84. The number of pyridine rings is 1. The first-order chi connectivity index (χ1) is 13.7. The Kier molecular flexibility index (Phi) is 7.37. The van der Waals surface area contributed by atoms with E-state index in [1.165, 1.54) is 0 Å². The van der Waals surface area contributed by atoms with Crippen LogP contribution < -0.4 is 20.3 Å². The molecule has 28 heavy (non-hydrogen) atoms. The summed E-state index contributed by atoms with van der Waals surface area (Å²) in [5.74, 6) is 2.55. The fourth-order valence-electron chi connectivity index (χ4n) is 3.26. The van der Waals surface area contributed by atoms with Crippen LogP contribution in [0, 0.1) is 0 Å². The Balaban J connectivity index is 1.61. The van der Waals surface area contributed by atoms with Crippen LogP contribution in [0.25, 0.3) is 0 Å². The first kappa shape index (κ1) is 20.3. The van der Waals surface area contributed by atoms with E-state index in [2.05, 4.69) is 33.5 Å². The fourth-order valence-corrected chi connectivity index (χ4v) is 3.51. The van der Waals surface area contributed by atoms with Gasteiger partial charge < -0.3 is 20.3 Å². The third-order valence-electron chi connectivity index (χ3n) is 4.54. The number of aromatic nitrogens is 1. The number of rotatable bonds is 7. The van der Waals surface area contributed by atoms with E-state index in [0.29, 0.717) is 24.2 Å². The molecule has 0 amide bonds. The van der Waals surface area contributed by atoms with Crippen LogP contribution in [0.2, 0.25) is 5.02 Å². The first-order valence-electron chi connectivity index (χ1n) is 9.81. The maximum atomic E-state index is 6.29. The minimum atomic E-state index is 0.297. The van der Waals surface area contributed by atoms with Gasteiger partial charge in [0.2, 0.25) is 0 Å². The highest BCUT2D eigenvalue weighted by Gasteiger charge is 2.25. The average molecular weight is 402 g/mol. The normalized spacial score (nSPS) is 16.9. The zero-order valence-corrected chi connectivity index (χ0v) is 17.2. The zero-order chi connectivity index (χ0) is 19.8. The van der Waals surface area contributed by atoms with Gasteiger partial charge in [-0.1, -0.05) is 23.7 Å². The van der Waals surface area contributed by atoms with Crippen molar-refractivity contribution in [3.63, 3.8) is 0 Å². The Bertz CT molecular complexity index is 798. The first-order valence-corrected chi connectivity index (χ1v) is 10.2. The van der Waals surface area contributed by atoms with Gasteiger partial charge in [0.25, 0.3) is 0 Å². The number of nitrogens with zero attached hydrogens (tertiary/aromatic N) is 3. The van der Waals surface area contributed by atoms with E-state index in [-0.39, 0.29) is 0 Å². The van der Waals surface area contributed by atoms with Crippen molar-refractivity contribution in [1.29, 1.82) is 0 Å². The Morgan fingerprint density at radius 3 is 3.00 bits per heavy atom. The highest BCUT2D eigenvalue weighted by molar-refractivity contribution is 6.32. The monoisotopic (exact) mass is 401 g/mol. The Morgan fingerprint density at radius 2 is 2.21 bits per heavy atom. The van der Waals surface area contributed by atoms with Crippen LogP contribution in [0.5, 0.6) is 5.75 Å². The van der Waals surface area contributed by atoms with Gasteiger partial charge in [0.15, 0.2) is 5.96 Å². The minimum Gasteiger partial charge on any atom is -0.494 e. The number of benzene rings is 1. The lowest BCUT2D eigenvalue weighted by molar-refractivity contribution is 0.340. The molecule has 0 bridgehead atoms. The van der Waals surface area contributed by atoms with Gasteiger partial charge in [-0.05, 0) is 50.1 Å². The Labute approximate surface area is 172 Å². The van der Waals surface area contributed by atoms with Gasteiger partial charge in [0.1, 0.15) is 11.6 Å². The Morgan fingerprint density at radius 1 is 1.32 bits per heavy atom. The molecular formula is C21H28ClN5O. The van der Waals surface area contributed by atoms with Crippen molar-refractivity contribution < 1.29 is 4.74 Å². The van der Waals surface area contributed by atoms with Crippen LogP contribution in [-0.2, 0) is 6.54 Å². The van der Waals surface area contributed by atoms with Gasteiger partial charge in [-0.25, -0.2) is 9.98 Å². The molecule has 1 saturated heterocycles. The topological polar surface area (TPSA) is 61.8 Å². The standard InChI is InChI=1S/C21H28ClN5O/c1-3-23-21(25-14-16-7-5-8-18(13-16)28-4-2)26-17-10-12-27(15-17)20-19(22)9-6-11-24-20/h5-9,11,13,17H,3-4,10,12,14-15H2,1-2H3,(H2,23,25,26). The second-order valence-electron chi connectivity index (χ2n) is 6.66. The van der Waals surface area contributed by atoms with Crippen LogP contribution in [-0.4, -0.2) is 43.2 Å². The van der Waals surface area contributed by atoms with E-state index in [1.54, 1.807) is 6.20 Å². The van der Waals surface area contributed by atoms with Gasteiger partial charge in [-0.3, -0.25) is 0 Å². The summed E-state index contributed by atoms with van der Waals surface area (Å²) in [6, 6.07) is 12.1. The molecule has 6 nitrogen and oxygen atoms in total. The predicted octanol–water partition coefficient (Wildman–Crippen LogP) is 3.47. The van der Waals surface area contributed by atoms with E-state index in [0.717, 1.165) is 49.1 Å². The van der Waals surface area contributed by atoms with E-state index in [1.807, 2.05) is 37.3 Å². The molecule has 2 N–H and O–H groups in total. The van der Waals surface area contributed by atoms with Crippen LogP contribution in [0.15, 0.2) is 47.6 Å². The molecule has 1 aromatic heterocycles. The lowest BCUT2D eigenvalue weighted by Crippen LogP contribution is -2.44. The molecule has 1 aliphatic rings. The predicted molar refractivity (Wildman–Crippen MR) is 115 cm³/mol. The molecule has 150 valence electrons. The highest BCUT2D eigenvalue weighted by Crippen LogP contribution is 2.25. The number of halogens is 1. The van der Waals surface area contributed by atoms with Crippen molar-refractivity contribution in [3.8, 4) is 5.75 Å². The van der Waals surface area contributed by atoms with Gasteiger partial charge in [0.05, 0.1) is 18.2 Å². The van der Waals surface area contributed by atoms with Crippen molar-refractivity contribution in [3.05, 3.63) is 53.2 Å². The van der Waals surface area contributed by atoms with Gasteiger partial charge >= 0.3 is 0 Å². The summed E-state index contributed by atoms with van der Waals surface area (Å²) in [6.45, 7) is 7.90. The summed E-state index contributed by atoms with van der Waals surface area (Å²) < 4.78 is 5.57. The third kappa shape index (κ3) is 5.52. The van der Waals surface area contributed by atoms with E-state index in [9.17, 15) is 0 Å².